The molecule has 0 spiro atoms. The number of amides is 2. The largest absolute Gasteiger partial charge is 0.478 e. The van der Waals surface area contributed by atoms with E-state index in [4.69, 9.17) is 5.11 Å². The average molecular weight is 356 g/mol. The summed E-state index contributed by atoms with van der Waals surface area (Å²) in [5.74, 6) is -1.08. The van der Waals surface area contributed by atoms with E-state index in [1.54, 1.807) is 24.4 Å². The van der Waals surface area contributed by atoms with Gasteiger partial charge in [0.15, 0.2) is 0 Å². The highest BCUT2D eigenvalue weighted by Gasteiger charge is 2.14. The van der Waals surface area contributed by atoms with E-state index in [1.807, 2.05) is 0 Å². The van der Waals surface area contributed by atoms with Crippen molar-refractivity contribution in [1.29, 1.82) is 0 Å². The summed E-state index contributed by atoms with van der Waals surface area (Å²) in [6.45, 7) is 1.76. The monoisotopic (exact) mass is 355 g/mol. The highest BCUT2D eigenvalue weighted by Crippen LogP contribution is 2.23. The van der Waals surface area contributed by atoms with E-state index in [0.29, 0.717) is 16.0 Å². The summed E-state index contributed by atoms with van der Waals surface area (Å²) in [5.41, 5.74) is 1.27. The molecule has 20 heavy (non-hydrogen) atoms. The second-order valence-corrected chi connectivity index (χ2v) is 5.54. The molecule has 8 heteroatoms. The lowest BCUT2D eigenvalue weighted by molar-refractivity contribution is 0.0698. The van der Waals surface area contributed by atoms with Crippen LogP contribution < -0.4 is 10.6 Å². The van der Waals surface area contributed by atoms with Crippen molar-refractivity contribution in [2.24, 2.45) is 0 Å². The molecule has 6 nitrogen and oxygen atoms in total. The zero-order chi connectivity index (χ0) is 14.7. The summed E-state index contributed by atoms with van der Waals surface area (Å²) < 4.78 is 0.673. The predicted molar refractivity (Wildman–Crippen MR) is 80.6 cm³/mol. The van der Waals surface area contributed by atoms with Gasteiger partial charge in [0.2, 0.25) is 0 Å². The number of rotatable bonds is 3. The van der Waals surface area contributed by atoms with Gasteiger partial charge in [-0.1, -0.05) is 0 Å². The number of carboxylic acids is 1. The summed E-state index contributed by atoms with van der Waals surface area (Å²) in [4.78, 5) is 26.9. The van der Waals surface area contributed by atoms with Crippen LogP contribution in [-0.4, -0.2) is 22.1 Å². The van der Waals surface area contributed by atoms with Gasteiger partial charge in [0.05, 0.1) is 16.9 Å². The summed E-state index contributed by atoms with van der Waals surface area (Å²) in [6.07, 6.45) is 0. The van der Waals surface area contributed by atoms with Crippen molar-refractivity contribution in [3.63, 3.8) is 0 Å². The van der Waals surface area contributed by atoms with E-state index >= 15 is 0 Å². The third-order valence-corrected chi connectivity index (χ3v) is 3.69. The van der Waals surface area contributed by atoms with Gasteiger partial charge >= 0.3 is 12.0 Å². The third-order valence-electron chi connectivity index (χ3n) is 2.42. The molecule has 0 bridgehead atoms. The fraction of sp³-hybridized carbons (Fsp3) is 0.0833. The number of aromatic nitrogens is 1. The maximum atomic E-state index is 11.8. The Balaban J connectivity index is 2.09. The first-order chi connectivity index (χ1) is 9.47. The fourth-order valence-corrected chi connectivity index (χ4v) is 2.67. The van der Waals surface area contributed by atoms with Gasteiger partial charge in [-0.25, -0.2) is 14.6 Å². The number of nitrogens with zero attached hydrogens (tertiary/aromatic N) is 1. The number of aryl methyl sites for hydroxylation is 1. The Kier molecular flexibility index (Phi) is 4.35. The van der Waals surface area contributed by atoms with Crippen molar-refractivity contribution >= 4 is 50.0 Å². The number of pyridine rings is 1. The molecule has 2 amide bonds. The van der Waals surface area contributed by atoms with Crippen LogP contribution in [0.4, 0.5) is 15.5 Å². The molecule has 0 aliphatic rings. The Morgan fingerprint density at radius 3 is 2.70 bits per heavy atom. The molecule has 2 aromatic heterocycles. The van der Waals surface area contributed by atoms with E-state index in [9.17, 15) is 9.59 Å². The van der Waals surface area contributed by atoms with E-state index in [0.717, 1.165) is 11.3 Å². The molecular weight excluding hydrogens is 346 g/mol. The van der Waals surface area contributed by atoms with Crippen molar-refractivity contribution in [2.75, 3.05) is 10.6 Å². The molecule has 104 valence electrons. The topological polar surface area (TPSA) is 91.3 Å². The summed E-state index contributed by atoms with van der Waals surface area (Å²) >= 11 is 4.38. The lowest BCUT2D eigenvalue weighted by atomic mass is 10.3. The van der Waals surface area contributed by atoms with Crippen LogP contribution in [0.5, 0.6) is 0 Å². The molecule has 0 saturated carbocycles. The SMILES string of the molecule is Cc1nc(Br)ccc1NC(=O)Nc1sccc1C(=O)O. The van der Waals surface area contributed by atoms with Gasteiger partial charge < -0.3 is 10.4 Å². The Morgan fingerprint density at radius 2 is 2.05 bits per heavy atom. The first kappa shape index (κ1) is 14.5. The summed E-state index contributed by atoms with van der Waals surface area (Å²) in [5, 5.41) is 16.0. The van der Waals surface area contributed by atoms with Crippen molar-refractivity contribution in [2.45, 2.75) is 6.92 Å². The Bertz CT molecular complexity index is 672. The highest BCUT2D eigenvalue weighted by atomic mass is 79.9. The number of aromatic carboxylic acids is 1. The van der Waals surface area contributed by atoms with Crippen LogP contribution >= 0.6 is 27.3 Å². The quantitative estimate of drug-likeness (QED) is 0.734. The maximum absolute atomic E-state index is 11.8. The minimum absolute atomic E-state index is 0.0656. The molecule has 2 aromatic rings. The number of urea groups is 1. The minimum Gasteiger partial charge on any atom is -0.478 e. The van der Waals surface area contributed by atoms with Crippen LogP contribution in [0, 0.1) is 6.92 Å². The molecule has 2 rings (SSSR count). The van der Waals surface area contributed by atoms with Gasteiger partial charge in [-0.15, -0.1) is 11.3 Å². The van der Waals surface area contributed by atoms with Crippen molar-refractivity contribution in [1.82, 2.24) is 4.98 Å². The van der Waals surface area contributed by atoms with Crippen molar-refractivity contribution in [3.8, 4) is 0 Å². The number of carbonyl (C=O) groups is 2. The van der Waals surface area contributed by atoms with Gasteiger partial charge in [-0.2, -0.15) is 0 Å². The van der Waals surface area contributed by atoms with Crippen LogP contribution in [0.2, 0.25) is 0 Å². The Labute approximate surface area is 127 Å². The number of halogens is 1. The molecule has 0 aliphatic heterocycles. The number of hydrogen-bond donors (Lipinski definition) is 3. The number of nitrogens with one attached hydrogen (secondary N) is 2. The van der Waals surface area contributed by atoms with Crippen molar-refractivity contribution in [3.05, 3.63) is 39.4 Å². The smallest absolute Gasteiger partial charge is 0.338 e. The number of hydrogen-bond acceptors (Lipinski definition) is 4. The number of carbonyl (C=O) groups excluding carboxylic acids is 1. The molecule has 0 fully saturated rings. The molecule has 0 atom stereocenters. The third kappa shape index (κ3) is 3.34. The van der Waals surface area contributed by atoms with Crippen molar-refractivity contribution < 1.29 is 14.7 Å². The normalized spacial score (nSPS) is 10.1. The number of thiophene rings is 1. The molecule has 0 saturated heterocycles. The fourth-order valence-electron chi connectivity index (χ4n) is 1.49. The lowest BCUT2D eigenvalue weighted by Crippen LogP contribution is -2.20. The molecule has 0 unspecified atom stereocenters. The zero-order valence-corrected chi connectivity index (χ0v) is 12.7. The summed E-state index contributed by atoms with van der Waals surface area (Å²) in [6, 6.07) is 4.34. The van der Waals surface area contributed by atoms with Gasteiger partial charge in [-0.05, 0) is 46.4 Å². The van der Waals surface area contributed by atoms with Crippen LogP contribution in [-0.2, 0) is 0 Å². The molecule has 2 heterocycles. The molecule has 0 aromatic carbocycles. The van der Waals surface area contributed by atoms with E-state index in [-0.39, 0.29) is 10.6 Å². The van der Waals surface area contributed by atoms with Crippen LogP contribution in [0.25, 0.3) is 0 Å². The van der Waals surface area contributed by atoms with Gasteiger partial charge in [0.25, 0.3) is 0 Å². The first-order valence-electron chi connectivity index (χ1n) is 5.49. The molecular formula is C12H10BrN3O3S. The van der Waals surface area contributed by atoms with Crippen LogP contribution in [0.3, 0.4) is 0 Å². The molecule has 0 aliphatic carbocycles. The maximum Gasteiger partial charge on any atom is 0.338 e. The average Bonchev–Trinajstić information content (AvgIpc) is 2.81. The van der Waals surface area contributed by atoms with E-state index in [2.05, 4.69) is 31.5 Å². The molecule has 0 radical (unpaired) electrons. The van der Waals surface area contributed by atoms with Crippen LogP contribution in [0.15, 0.2) is 28.2 Å². The Morgan fingerprint density at radius 1 is 1.30 bits per heavy atom. The zero-order valence-electron chi connectivity index (χ0n) is 10.3. The number of carboxylic acid groups (broad SMARTS) is 1. The van der Waals surface area contributed by atoms with E-state index in [1.165, 1.54) is 6.07 Å². The van der Waals surface area contributed by atoms with Gasteiger partial charge in [0.1, 0.15) is 9.60 Å². The van der Waals surface area contributed by atoms with Gasteiger partial charge in [0, 0.05) is 0 Å². The van der Waals surface area contributed by atoms with Gasteiger partial charge in [-0.3, -0.25) is 5.32 Å². The van der Waals surface area contributed by atoms with E-state index < -0.39 is 12.0 Å². The minimum atomic E-state index is -1.08. The molecule has 3 N–H and O–H groups in total. The standard InChI is InChI=1S/C12H10BrN3O3S/c1-6-8(2-3-9(13)14-6)15-12(19)16-10-7(11(17)18)4-5-20-10/h2-5H,1H3,(H,17,18)(H2,15,16,19). The first-order valence-corrected chi connectivity index (χ1v) is 7.16. The second kappa shape index (κ2) is 6.02. The second-order valence-electron chi connectivity index (χ2n) is 3.81. The summed E-state index contributed by atoms with van der Waals surface area (Å²) in [7, 11) is 0. The highest BCUT2D eigenvalue weighted by molar-refractivity contribution is 9.10. The number of anilines is 2. The van der Waals surface area contributed by atoms with Crippen LogP contribution in [0.1, 0.15) is 16.1 Å². The predicted octanol–water partition coefficient (Wildman–Crippen LogP) is 3.56. The lowest BCUT2D eigenvalue weighted by Gasteiger charge is -2.09. The Hall–Kier alpha value is -1.93.